The van der Waals surface area contributed by atoms with E-state index in [0.717, 1.165) is 12.8 Å². The molecule has 4 nitrogen and oxygen atoms in total. The number of hydrogen-bond donors (Lipinski definition) is 2. The summed E-state index contributed by atoms with van der Waals surface area (Å²) in [6.45, 7) is 4.61. The zero-order chi connectivity index (χ0) is 13.1. The molecule has 0 heterocycles. The number of nitrogen functional groups attached to an aromatic ring is 1. The van der Waals surface area contributed by atoms with Gasteiger partial charge in [0.1, 0.15) is 5.75 Å². The molecule has 1 amide bonds. The summed E-state index contributed by atoms with van der Waals surface area (Å²) in [5.74, 6) is 1.22. The van der Waals surface area contributed by atoms with E-state index in [1.165, 1.54) is 0 Å². The molecular formula is C14H20N2O2. The van der Waals surface area contributed by atoms with E-state index in [-0.39, 0.29) is 5.91 Å². The minimum atomic E-state index is -0.0656. The van der Waals surface area contributed by atoms with Crippen LogP contribution in [0.5, 0.6) is 5.75 Å². The van der Waals surface area contributed by atoms with E-state index in [0.29, 0.717) is 35.6 Å². The van der Waals surface area contributed by atoms with Gasteiger partial charge in [-0.3, -0.25) is 4.79 Å². The second kappa shape index (κ2) is 5.29. The highest BCUT2D eigenvalue weighted by atomic mass is 16.5. The summed E-state index contributed by atoms with van der Waals surface area (Å²) in [7, 11) is 0. The molecule has 0 bridgehead atoms. The Morgan fingerprint density at radius 3 is 2.83 bits per heavy atom. The van der Waals surface area contributed by atoms with Crippen LogP contribution in [0, 0.1) is 5.92 Å². The third-order valence-corrected chi connectivity index (χ3v) is 3.27. The maximum Gasteiger partial charge on any atom is 0.251 e. The van der Waals surface area contributed by atoms with E-state index < -0.39 is 0 Å². The minimum absolute atomic E-state index is 0.0656. The average molecular weight is 248 g/mol. The molecule has 2 atom stereocenters. The van der Waals surface area contributed by atoms with Crippen molar-refractivity contribution in [3.63, 3.8) is 0 Å². The predicted molar refractivity (Wildman–Crippen MR) is 71.7 cm³/mol. The van der Waals surface area contributed by atoms with Gasteiger partial charge in [-0.2, -0.15) is 0 Å². The summed E-state index contributed by atoms with van der Waals surface area (Å²) in [6, 6.07) is 5.48. The molecule has 4 heteroatoms. The van der Waals surface area contributed by atoms with Crippen molar-refractivity contribution in [2.45, 2.75) is 32.7 Å². The molecule has 0 aliphatic heterocycles. The summed E-state index contributed by atoms with van der Waals surface area (Å²) < 4.78 is 5.38. The van der Waals surface area contributed by atoms with E-state index in [9.17, 15) is 4.79 Å². The maximum absolute atomic E-state index is 12.0. The zero-order valence-electron chi connectivity index (χ0n) is 10.9. The third kappa shape index (κ3) is 2.94. The number of nitrogens with one attached hydrogen (secondary N) is 1. The number of hydrogen-bond acceptors (Lipinski definition) is 3. The molecule has 98 valence electrons. The fraction of sp³-hybridized carbons (Fsp3) is 0.500. The standard InChI is InChI=1S/C14H20N2O2/c1-3-9-7-13(9)16-14(17)10-5-11(15)8-12(6-10)18-4-2/h5-6,8-9,13H,3-4,7,15H2,1-2H3,(H,16,17). The Bertz CT molecular complexity index is 445. The van der Waals surface area contributed by atoms with Crippen LogP contribution >= 0.6 is 0 Å². The molecule has 1 aromatic rings. The molecule has 1 aromatic carbocycles. The number of benzene rings is 1. The van der Waals surface area contributed by atoms with Gasteiger partial charge in [0.15, 0.2) is 0 Å². The maximum atomic E-state index is 12.0. The van der Waals surface area contributed by atoms with Crippen LogP contribution < -0.4 is 15.8 Å². The van der Waals surface area contributed by atoms with Crippen LogP contribution in [0.25, 0.3) is 0 Å². The molecule has 1 saturated carbocycles. The van der Waals surface area contributed by atoms with E-state index in [2.05, 4.69) is 12.2 Å². The number of anilines is 1. The van der Waals surface area contributed by atoms with Crippen molar-refractivity contribution in [2.24, 2.45) is 5.92 Å². The second-order valence-electron chi connectivity index (χ2n) is 4.71. The normalized spacial score (nSPS) is 21.4. The third-order valence-electron chi connectivity index (χ3n) is 3.27. The first-order valence-electron chi connectivity index (χ1n) is 6.48. The first kappa shape index (κ1) is 12.7. The lowest BCUT2D eigenvalue weighted by atomic mass is 10.1. The number of ether oxygens (including phenoxy) is 1. The number of nitrogens with two attached hydrogens (primary N) is 1. The molecule has 0 saturated heterocycles. The quantitative estimate of drug-likeness (QED) is 0.785. The highest BCUT2D eigenvalue weighted by Gasteiger charge is 2.36. The fourth-order valence-electron chi connectivity index (χ4n) is 2.13. The van der Waals surface area contributed by atoms with Crippen molar-refractivity contribution in [1.82, 2.24) is 5.32 Å². The van der Waals surface area contributed by atoms with Gasteiger partial charge in [0.25, 0.3) is 5.91 Å². The molecule has 18 heavy (non-hydrogen) atoms. The fourth-order valence-corrected chi connectivity index (χ4v) is 2.13. The average Bonchev–Trinajstić information content (AvgIpc) is 3.07. The molecule has 1 aliphatic rings. The van der Waals surface area contributed by atoms with Crippen molar-refractivity contribution >= 4 is 11.6 Å². The highest BCUT2D eigenvalue weighted by molar-refractivity contribution is 5.96. The van der Waals surface area contributed by atoms with Gasteiger partial charge in [-0.1, -0.05) is 13.3 Å². The summed E-state index contributed by atoms with van der Waals surface area (Å²) >= 11 is 0. The Balaban J connectivity index is 2.05. The topological polar surface area (TPSA) is 64.3 Å². The van der Waals surface area contributed by atoms with Gasteiger partial charge in [-0.05, 0) is 31.4 Å². The van der Waals surface area contributed by atoms with Crippen LogP contribution in [0.3, 0.4) is 0 Å². The van der Waals surface area contributed by atoms with E-state index in [1.54, 1.807) is 18.2 Å². The van der Waals surface area contributed by atoms with Crippen molar-refractivity contribution in [3.05, 3.63) is 23.8 Å². The van der Waals surface area contributed by atoms with Crippen molar-refractivity contribution in [1.29, 1.82) is 0 Å². The Morgan fingerprint density at radius 1 is 1.44 bits per heavy atom. The Hall–Kier alpha value is -1.71. The molecule has 0 radical (unpaired) electrons. The first-order chi connectivity index (χ1) is 8.63. The zero-order valence-corrected chi connectivity index (χ0v) is 10.9. The largest absolute Gasteiger partial charge is 0.494 e. The number of amides is 1. The van der Waals surface area contributed by atoms with Gasteiger partial charge in [-0.15, -0.1) is 0 Å². The SMILES string of the molecule is CCOc1cc(N)cc(C(=O)NC2CC2CC)c1. The summed E-state index contributed by atoms with van der Waals surface area (Å²) in [5.41, 5.74) is 6.89. The molecule has 1 aliphatic carbocycles. The predicted octanol–water partition coefficient (Wildman–Crippen LogP) is 2.20. The number of carbonyl (C=O) groups is 1. The molecule has 0 aromatic heterocycles. The molecular weight excluding hydrogens is 228 g/mol. The van der Waals surface area contributed by atoms with E-state index in [1.807, 2.05) is 6.92 Å². The van der Waals surface area contributed by atoms with E-state index in [4.69, 9.17) is 10.5 Å². The highest BCUT2D eigenvalue weighted by Crippen LogP contribution is 2.33. The molecule has 2 unspecified atom stereocenters. The minimum Gasteiger partial charge on any atom is -0.494 e. The Kier molecular flexibility index (Phi) is 3.75. The molecule has 3 N–H and O–H groups in total. The summed E-state index contributed by atoms with van der Waals surface area (Å²) in [4.78, 5) is 12.0. The number of rotatable bonds is 5. The van der Waals surface area contributed by atoms with Gasteiger partial charge in [-0.25, -0.2) is 0 Å². The van der Waals surface area contributed by atoms with Crippen LogP contribution in [-0.2, 0) is 0 Å². The molecule has 2 rings (SSSR count). The van der Waals surface area contributed by atoms with Crippen LogP contribution in [0.4, 0.5) is 5.69 Å². The smallest absolute Gasteiger partial charge is 0.251 e. The Morgan fingerprint density at radius 2 is 2.22 bits per heavy atom. The van der Waals surface area contributed by atoms with Crippen molar-refractivity contribution in [3.8, 4) is 5.75 Å². The first-order valence-corrected chi connectivity index (χ1v) is 6.48. The van der Waals surface area contributed by atoms with Crippen LogP contribution in [0.1, 0.15) is 37.0 Å². The Labute approximate surface area is 108 Å². The number of carbonyl (C=O) groups excluding carboxylic acids is 1. The van der Waals surface area contributed by atoms with Crippen LogP contribution in [0.15, 0.2) is 18.2 Å². The molecule has 0 spiro atoms. The van der Waals surface area contributed by atoms with E-state index >= 15 is 0 Å². The lowest BCUT2D eigenvalue weighted by Crippen LogP contribution is -2.26. The van der Waals surface area contributed by atoms with Crippen molar-refractivity contribution < 1.29 is 9.53 Å². The van der Waals surface area contributed by atoms with Gasteiger partial charge >= 0.3 is 0 Å². The van der Waals surface area contributed by atoms with Crippen molar-refractivity contribution in [2.75, 3.05) is 12.3 Å². The second-order valence-corrected chi connectivity index (χ2v) is 4.71. The summed E-state index contributed by atoms with van der Waals surface area (Å²) in [6.07, 6.45) is 2.20. The van der Waals surface area contributed by atoms with Gasteiger partial charge in [0, 0.05) is 23.4 Å². The summed E-state index contributed by atoms with van der Waals surface area (Å²) in [5, 5.41) is 3.02. The van der Waals surface area contributed by atoms with Gasteiger partial charge in [0.2, 0.25) is 0 Å². The van der Waals surface area contributed by atoms with Crippen LogP contribution in [0.2, 0.25) is 0 Å². The van der Waals surface area contributed by atoms with Gasteiger partial charge < -0.3 is 15.8 Å². The molecule has 1 fully saturated rings. The van der Waals surface area contributed by atoms with Crippen LogP contribution in [-0.4, -0.2) is 18.6 Å². The van der Waals surface area contributed by atoms with Gasteiger partial charge in [0.05, 0.1) is 6.61 Å². The monoisotopic (exact) mass is 248 g/mol. The lowest BCUT2D eigenvalue weighted by molar-refractivity contribution is 0.0948. The lowest BCUT2D eigenvalue weighted by Gasteiger charge is -2.08.